The minimum absolute atomic E-state index is 0.220. The predicted octanol–water partition coefficient (Wildman–Crippen LogP) is 2.40. The maximum Gasteiger partial charge on any atom is 0.137 e. The van der Waals surface area contributed by atoms with Crippen molar-refractivity contribution in [3.05, 3.63) is 35.8 Å². The number of nitrogens with two attached hydrogens (primary N) is 1. The SMILES string of the molecule is CSc1ccc(-c2[nH]ncc2CN)cc1F. The van der Waals surface area contributed by atoms with Crippen LogP contribution in [0.25, 0.3) is 11.3 Å². The van der Waals surface area contributed by atoms with E-state index in [1.54, 1.807) is 12.3 Å². The van der Waals surface area contributed by atoms with E-state index in [1.807, 2.05) is 12.3 Å². The average Bonchev–Trinajstić information content (AvgIpc) is 2.77. The Morgan fingerprint density at radius 2 is 2.31 bits per heavy atom. The highest BCUT2D eigenvalue weighted by atomic mass is 32.2. The Hall–Kier alpha value is -1.33. The maximum atomic E-state index is 13.6. The predicted molar refractivity (Wildman–Crippen MR) is 63.7 cm³/mol. The van der Waals surface area contributed by atoms with E-state index in [-0.39, 0.29) is 5.82 Å². The topological polar surface area (TPSA) is 54.7 Å². The van der Waals surface area contributed by atoms with E-state index < -0.39 is 0 Å². The number of hydrogen-bond acceptors (Lipinski definition) is 3. The molecule has 0 aliphatic heterocycles. The molecule has 0 aliphatic carbocycles. The van der Waals surface area contributed by atoms with E-state index in [9.17, 15) is 4.39 Å². The molecule has 0 unspecified atom stereocenters. The number of aromatic amines is 1. The van der Waals surface area contributed by atoms with Gasteiger partial charge in [-0.1, -0.05) is 6.07 Å². The number of hydrogen-bond donors (Lipinski definition) is 2. The molecule has 3 nitrogen and oxygen atoms in total. The van der Waals surface area contributed by atoms with Crippen molar-refractivity contribution in [1.29, 1.82) is 0 Å². The summed E-state index contributed by atoms with van der Waals surface area (Å²) in [4.78, 5) is 0.637. The second kappa shape index (κ2) is 4.67. The first-order valence-electron chi connectivity index (χ1n) is 4.82. The van der Waals surface area contributed by atoms with Crippen LogP contribution in [-0.4, -0.2) is 16.5 Å². The Morgan fingerprint density at radius 1 is 1.50 bits per heavy atom. The second-order valence-electron chi connectivity index (χ2n) is 3.32. The number of thioether (sulfide) groups is 1. The normalized spacial score (nSPS) is 10.7. The molecule has 0 aliphatic rings. The number of halogens is 1. The Bertz CT molecular complexity index is 496. The molecule has 0 fully saturated rings. The van der Waals surface area contributed by atoms with Gasteiger partial charge < -0.3 is 5.73 Å². The van der Waals surface area contributed by atoms with Crippen molar-refractivity contribution in [2.24, 2.45) is 5.73 Å². The third kappa shape index (κ3) is 1.96. The molecule has 0 amide bonds. The van der Waals surface area contributed by atoms with Crippen LogP contribution < -0.4 is 5.73 Å². The highest BCUT2D eigenvalue weighted by Crippen LogP contribution is 2.26. The zero-order valence-corrected chi connectivity index (χ0v) is 9.64. The fourth-order valence-electron chi connectivity index (χ4n) is 1.54. The number of rotatable bonds is 3. The standard InChI is InChI=1S/C11H12FN3S/c1-16-10-3-2-7(4-9(10)12)11-8(5-13)6-14-15-11/h2-4,6H,5,13H2,1H3,(H,14,15). The van der Waals surface area contributed by atoms with E-state index in [4.69, 9.17) is 5.73 Å². The molecule has 0 radical (unpaired) electrons. The van der Waals surface area contributed by atoms with Gasteiger partial charge in [-0.15, -0.1) is 11.8 Å². The zero-order valence-electron chi connectivity index (χ0n) is 8.83. The molecule has 1 aromatic heterocycles. The largest absolute Gasteiger partial charge is 0.326 e. The third-order valence-electron chi connectivity index (χ3n) is 2.38. The van der Waals surface area contributed by atoms with Crippen molar-refractivity contribution >= 4 is 11.8 Å². The van der Waals surface area contributed by atoms with Crippen LogP contribution in [0.3, 0.4) is 0 Å². The first kappa shape index (κ1) is 11.2. The first-order valence-corrected chi connectivity index (χ1v) is 6.05. The van der Waals surface area contributed by atoms with Crippen molar-refractivity contribution in [3.63, 3.8) is 0 Å². The van der Waals surface area contributed by atoms with Crippen LogP contribution >= 0.6 is 11.8 Å². The molecule has 84 valence electrons. The van der Waals surface area contributed by atoms with Gasteiger partial charge in [0.25, 0.3) is 0 Å². The van der Waals surface area contributed by atoms with Crippen LogP contribution in [0.4, 0.5) is 4.39 Å². The molecule has 1 heterocycles. The summed E-state index contributed by atoms with van der Waals surface area (Å²) >= 11 is 1.39. The lowest BCUT2D eigenvalue weighted by Crippen LogP contribution is -1.97. The van der Waals surface area contributed by atoms with Crippen molar-refractivity contribution in [2.75, 3.05) is 6.26 Å². The number of benzene rings is 1. The molecule has 2 rings (SSSR count). The van der Waals surface area contributed by atoms with Crippen molar-refractivity contribution in [1.82, 2.24) is 10.2 Å². The van der Waals surface area contributed by atoms with Crippen LogP contribution in [0.1, 0.15) is 5.56 Å². The maximum absolute atomic E-state index is 13.6. The summed E-state index contributed by atoms with van der Waals surface area (Å²) in [7, 11) is 0. The molecular formula is C11H12FN3S. The van der Waals surface area contributed by atoms with Gasteiger partial charge in [-0.2, -0.15) is 5.10 Å². The summed E-state index contributed by atoms with van der Waals surface area (Å²) < 4.78 is 13.6. The lowest BCUT2D eigenvalue weighted by atomic mass is 10.1. The number of aromatic nitrogens is 2. The summed E-state index contributed by atoms with van der Waals surface area (Å²) in [6, 6.07) is 5.12. The summed E-state index contributed by atoms with van der Waals surface area (Å²) in [5.41, 5.74) is 8.01. The van der Waals surface area contributed by atoms with E-state index in [0.717, 1.165) is 16.8 Å². The molecule has 16 heavy (non-hydrogen) atoms. The van der Waals surface area contributed by atoms with Gasteiger partial charge in [0.2, 0.25) is 0 Å². The Kier molecular flexibility index (Phi) is 3.26. The van der Waals surface area contributed by atoms with E-state index in [0.29, 0.717) is 11.4 Å². The fourth-order valence-corrected chi connectivity index (χ4v) is 2.00. The zero-order chi connectivity index (χ0) is 11.5. The van der Waals surface area contributed by atoms with E-state index in [2.05, 4.69) is 10.2 Å². The molecule has 0 atom stereocenters. The molecule has 5 heteroatoms. The van der Waals surface area contributed by atoms with Gasteiger partial charge in [0.15, 0.2) is 0 Å². The molecule has 0 spiro atoms. The van der Waals surface area contributed by atoms with Gasteiger partial charge in [0.05, 0.1) is 11.9 Å². The lowest BCUT2D eigenvalue weighted by Gasteiger charge is -2.04. The third-order valence-corrected chi connectivity index (χ3v) is 3.15. The molecule has 3 N–H and O–H groups in total. The smallest absolute Gasteiger partial charge is 0.137 e. The van der Waals surface area contributed by atoms with Crippen molar-refractivity contribution < 1.29 is 4.39 Å². The summed E-state index contributed by atoms with van der Waals surface area (Å²) in [6.45, 7) is 0.387. The Balaban J connectivity index is 2.45. The fraction of sp³-hybridized carbons (Fsp3) is 0.182. The Morgan fingerprint density at radius 3 is 2.94 bits per heavy atom. The average molecular weight is 237 g/mol. The van der Waals surface area contributed by atoms with Crippen LogP contribution in [-0.2, 0) is 6.54 Å². The van der Waals surface area contributed by atoms with E-state index >= 15 is 0 Å². The highest BCUT2D eigenvalue weighted by Gasteiger charge is 2.09. The minimum Gasteiger partial charge on any atom is -0.326 e. The number of H-pyrrole nitrogens is 1. The van der Waals surface area contributed by atoms with Crippen LogP contribution in [0.5, 0.6) is 0 Å². The van der Waals surface area contributed by atoms with Gasteiger partial charge in [0.1, 0.15) is 5.82 Å². The van der Waals surface area contributed by atoms with Crippen molar-refractivity contribution in [2.45, 2.75) is 11.4 Å². The first-order chi connectivity index (χ1) is 7.76. The Labute approximate surface area is 97.2 Å². The molecular weight excluding hydrogens is 225 g/mol. The minimum atomic E-state index is -0.220. The van der Waals surface area contributed by atoms with Gasteiger partial charge in [-0.3, -0.25) is 5.10 Å². The van der Waals surface area contributed by atoms with E-state index in [1.165, 1.54) is 17.8 Å². The summed E-state index contributed by atoms with van der Waals surface area (Å²) in [5.74, 6) is -0.220. The quantitative estimate of drug-likeness (QED) is 0.806. The van der Waals surface area contributed by atoms with Crippen LogP contribution in [0.2, 0.25) is 0 Å². The molecule has 2 aromatic rings. The number of nitrogens with zero attached hydrogens (tertiary/aromatic N) is 1. The second-order valence-corrected chi connectivity index (χ2v) is 4.17. The molecule has 0 saturated carbocycles. The number of nitrogens with one attached hydrogen (secondary N) is 1. The van der Waals surface area contributed by atoms with Gasteiger partial charge >= 0.3 is 0 Å². The van der Waals surface area contributed by atoms with Gasteiger partial charge in [-0.05, 0) is 18.4 Å². The molecule has 0 bridgehead atoms. The summed E-state index contributed by atoms with van der Waals surface area (Å²) in [6.07, 6.45) is 3.51. The highest BCUT2D eigenvalue weighted by molar-refractivity contribution is 7.98. The van der Waals surface area contributed by atoms with Gasteiger partial charge in [0, 0.05) is 22.6 Å². The summed E-state index contributed by atoms with van der Waals surface area (Å²) in [5, 5.41) is 6.74. The molecule has 0 saturated heterocycles. The van der Waals surface area contributed by atoms with Crippen LogP contribution in [0, 0.1) is 5.82 Å². The van der Waals surface area contributed by atoms with Gasteiger partial charge in [-0.25, -0.2) is 4.39 Å². The van der Waals surface area contributed by atoms with Crippen molar-refractivity contribution in [3.8, 4) is 11.3 Å². The monoisotopic (exact) mass is 237 g/mol. The molecule has 1 aromatic carbocycles. The lowest BCUT2D eigenvalue weighted by molar-refractivity contribution is 0.602. The van der Waals surface area contributed by atoms with Crippen LogP contribution in [0.15, 0.2) is 29.3 Å².